The largest absolute Gasteiger partial charge is 0.475 e. The predicted octanol–water partition coefficient (Wildman–Crippen LogP) is 2.39. The Morgan fingerprint density at radius 3 is 2.68 bits per heavy atom. The number of nitrogens with zero attached hydrogens (tertiary/aromatic N) is 1. The molecular weight excluding hydrogens is 250 g/mol. The van der Waals surface area contributed by atoms with Gasteiger partial charge < -0.3 is 19.1 Å². The second-order valence-corrected chi connectivity index (χ2v) is 4.31. The van der Waals surface area contributed by atoms with Gasteiger partial charge in [0.2, 0.25) is 12.6 Å². The Morgan fingerprint density at radius 1 is 1.26 bits per heavy atom. The molecule has 1 aliphatic rings. The van der Waals surface area contributed by atoms with Crippen LogP contribution in [-0.4, -0.2) is 23.0 Å². The van der Waals surface area contributed by atoms with Crippen LogP contribution >= 0.6 is 0 Å². The topological polar surface area (TPSA) is 81.8 Å². The number of carboxylic acid groups (broad SMARTS) is 1. The lowest BCUT2D eigenvalue weighted by Crippen LogP contribution is -1.94. The standard InChI is InChI=1S/C13H11NO5/c1-6-3-8(9-4-10(13(15)16)19-14-9)12-11(7(6)2)17-5-18-12/h3-4H,5H2,1-2H3,(H,15,16). The summed E-state index contributed by atoms with van der Waals surface area (Å²) in [5, 5.41) is 12.6. The van der Waals surface area contributed by atoms with Crippen molar-refractivity contribution in [3.05, 3.63) is 29.0 Å². The zero-order chi connectivity index (χ0) is 13.6. The van der Waals surface area contributed by atoms with E-state index in [0.717, 1.165) is 11.1 Å². The molecule has 98 valence electrons. The van der Waals surface area contributed by atoms with Gasteiger partial charge in [-0.2, -0.15) is 0 Å². The molecule has 1 aliphatic heterocycles. The number of aromatic carboxylic acids is 1. The molecule has 0 saturated carbocycles. The molecule has 0 fully saturated rings. The van der Waals surface area contributed by atoms with E-state index in [1.807, 2.05) is 19.9 Å². The van der Waals surface area contributed by atoms with Gasteiger partial charge in [0.25, 0.3) is 0 Å². The molecule has 6 heteroatoms. The van der Waals surface area contributed by atoms with E-state index < -0.39 is 5.97 Å². The van der Waals surface area contributed by atoms with Gasteiger partial charge in [0.05, 0.1) is 5.56 Å². The summed E-state index contributed by atoms with van der Waals surface area (Å²) >= 11 is 0. The molecule has 0 spiro atoms. The number of carboxylic acids is 1. The zero-order valence-electron chi connectivity index (χ0n) is 10.4. The molecule has 0 radical (unpaired) electrons. The van der Waals surface area contributed by atoms with E-state index in [9.17, 15) is 4.79 Å². The average molecular weight is 261 g/mol. The third kappa shape index (κ3) is 1.72. The van der Waals surface area contributed by atoms with Crippen molar-refractivity contribution in [2.24, 2.45) is 0 Å². The van der Waals surface area contributed by atoms with Crippen molar-refractivity contribution in [2.75, 3.05) is 6.79 Å². The minimum atomic E-state index is -1.16. The Labute approximate surface area is 108 Å². The summed E-state index contributed by atoms with van der Waals surface area (Å²) in [4.78, 5) is 10.8. The molecule has 0 amide bonds. The van der Waals surface area contributed by atoms with E-state index in [1.165, 1.54) is 6.07 Å². The predicted molar refractivity (Wildman–Crippen MR) is 64.5 cm³/mol. The maximum Gasteiger partial charge on any atom is 0.374 e. The second-order valence-electron chi connectivity index (χ2n) is 4.31. The maximum atomic E-state index is 10.8. The first-order chi connectivity index (χ1) is 9.08. The van der Waals surface area contributed by atoms with Crippen LogP contribution in [0.4, 0.5) is 0 Å². The Balaban J connectivity index is 2.17. The maximum absolute atomic E-state index is 10.8. The fourth-order valence-corrected chi connectivity index (χ4v) is 2.02. The number of hydrogen-bond acceptors (Lipinski definition) is 5. The minimum absolute atomic E-state index is 0.149. The summed E-state index contributed by atoms with van der Waals surface area (Å²) in [7, 11) is 0. The van der Waals surface area contributed by atoms with Crippen LogP contribution in [0.15, 0.2) is 16.7 Å². The highest BCUT2D eigenvalue weighted by molar-refractivity contribution is 5.86. The molecule has 1 aromatic heterocycles. The molecule has 0 bridgehead atoms. The SMILES string of the molecule is Cc1cc(-c2cc(C(=O)O)on2)c2c(c1C)OCO2. The lowest BCUT2D eigenvalue weighted by molar-refractivity contribution is 0.0652. The molecule has 6 nitrogen and oxygen atoms in total. The Morgan fingerprint density at radius 2 is 2.00 bits per heavy atom. The van der Waals surface area contributed by atoms with Crippen LogP contribution in [-0.2, 0) is 0 Å². The Kier molecular flexibility index (Phi) is 2.45. The fraction of sp³-hybridized carbons (Fsp3) is 0.231. The number of carbonyl (C=O) groups is 1. The number of benzene rings is 1. The lowest BCUT2D eigenvalue weighted by Gasteiger charge is -2.08. The molecule has 2 heterocycles. The van der Waals surface area contributed by atoms with Gasteiger partial charge in [-0.15, -0.1) is 0 Å². The highest BCUT2D eigenvalue weighted by Crippen LogP contribution is 2.44. The van der Waals surface area contributed by atoms with Gasteiger partial charge in [-0.1, -0.05) is 5.16 Å². The van der Waals surface area contributed by atoms with Crippen LogP contribution in [0.1, 0.15) is 21.7 Å². The van der Waals surface area contributed by atoms with Crippen molar-refractivity contribution in [3.8, 4) is 22.8 Å². The van der Waals surface area contributed by atoms with Gasteiger partial charge in [0, 0.05) is 6.07 Å². The van der Waals surface area contributed by atoms with Crippen molar-refractivity contribution in [3.63, 3.8) is 0 Å². The molecule has 3 rings (SSSR count). The number of aryl methyl sites for hydroxylation is 1. The van der Waals surface area contributed by atoms with Gasteiger partial charge in [-0.05, 0) is 31.0 Å². The van der Waals surface area contributed by atoms with Gasteiger partial charge in [0.15, 0.2) is 11.5 Å². The minimum Gasteiger partial charge on any atom is -0.475 e. The summed E-state index contributed by atoms with van der Waals surface area (Å²) in [5.74, 6) is -0.111. The second kappa shape index (κ2) is 4.01. The number of hydrogen-bond donors (Lipinski definition) is 1. The smallest absolute Gasteiger partial charge is 0.374 e. The van der Waals surface area contributed by atoms with Crippen molar-refractivity contribution >= 4 is 5.97 Å². The molecule has 0 saturated heterocycles. The van der Waals surface area contributed by atoms with Crippen molar-refractivity contribution in [1.29, 1.82) is 0 Å². The zero-order valence-corrected chi connectivity index (χ0v) is 10.4. The van der Waals surface area contributed by atoms with E-state index in [2.05, 4.69) is 5.16 Å². The number of ether oxygens (including phenoxy) is 2. The Hall–Kier alpha value is -2.50. The fourth-order valence-electron chi connectivity index (χ4n) is 2.02. The van der Waals surface area contributed by atoms with Crippen LogP contribution in [0, 0.1) is 13.8 Å². The number of rotatable bonds is 2. The first-order valence-electron chi connectivity index (χ1n) is 5.68. The van der Waals surface area contributed by atoms with Crippen LogP contribution in [0.5, 0.6) is 11.5 Å². The van der Waals surface area contributed by atoms with Crippen molar-refractivity contribution in [2.45, 2.75) is 13.8 Å². The average Bonchev–Trinajstić information content (AvgIpc) is 3.02. The molecule has 1 N–H and O–H groups in total. The molecule has 0 unspecified atom stereocenters. The van der Waals surface area contributed by atoms with E-state index >= 15 is 0 Å². The van der Waals surface area contributed by atoms with E-state index in [1.54, 1.807) is 0 Å². The molecule has 0 atom stereocenters. The summed E-state index contributed by atoms with van der Waals surface area (Å²) < 4.78 is 15.6. The normalized spacial score (nSPS) is 12.7. The number of aromatic nitrogens is 1. The molecule has 2 aromatic rings. The van der Waals surface area contributed by atoms with Crippen LogP contribution in [0.2, 0.25) is 0 Å². The first kappa shape index (κ1) is 11.6. The van der Waals surface area contributed by atoms with Crippen LogP contribution in [0.3, 0.4) is 0 Å². The summed E-state index contributed by atoms with van der Waals surface area (Å²) in [6, 6.07) is 3.25. The molecule has 19 heavy (non-hydrogen) atoms. The van der Waals surface area contributed by atoms with Crippen LogP contribution < -0.4 is 9.47 Å². The van der Waals surface area contributed by atoms with Gasteiger partial charge in [0.1, 0.15) is 5.69 Å². The van der Waals surface area contributed by atoms with E-state index in [0.29, 0.717) is 22.8 Å². The third-order valence-corrected chi connectivity index (χ3v) is 3.15. The monoisotopic (exact) mass is 261 g/mol. The summed E-state index contributed by atoms with van der Waals surface area (Å²) in [5.41, 5.74) is 3.10. The van der Waals surface area contributed by atoms with Crippen LogP contribution in [0.25, 0.3) is 11.3 Å². The molecule has 1 aromatic carbocycles. The number of fused-ring (bicyclic) bond motifs is 1. The first-order valence-corrected chi connectivity index (χ1v) is 5.68. The lowest BCUT2D eigenvalue weighted by atomic mass is 10.0. The van der Waals surface area contributed by atoms with Gasteiger partial charge in [-0.25, -0.2) is 4.79 Å². The van der Waals surface area contributed by atoms with E-state index in [4.69, 9.17) is 19.1 Å². The summed E-state index contributed by atoms with van der Waals surface area (Å²) in [6.07, 6.45) is 0. The highest BCUT2D eigenvalue weighted by atomic mass is 16.7. The summed E-state index contributed by atoms with van der Waals surface area (Å²) in [6.45, 7) is 4.04. The van der Waals surface area contributed by atoms with Crippen molar-refractivity contribution in [1.82, 2.24) is 5.16 Å². The molecular formula is C13H11NO5. The Bertz CT molecular complexity index is 674. The molecule has 0 aliphatic carbocycles. The quantitative estimate of drug-likeness (QED) is 0.893. The highest BCUT2D eigenvalue weighted by Gasteiger charge is 2.25. The van der Waals surface area contributed by atoms with Crippen molar-refractivity contribution < 1.29 is 23.9 Å². The van der Waals surface area contributed by atoms with Gasteiger partial charge >= 0.3 is 5.97 Å². The van der Waals surface area contributed by atoms with Gasteiger partial charge in [-0.3, -0.25) is 0 Å². The third-order valence-electron chi connectivity index (χ3n) is 3.15. The van der Waals surface area contributed by atoms with E-state index in [-0.39, 0.29) is 12.6 Å².